The Labute approximate surface area is 146 Å². The number of carbonyl (C=O) groups excluding carboxylic acids is 2. The minimum absolute atomic E-state index is 0.168. The van der Waals surface area contributed by atoms with E-state index >= 15 is 0 Å². The largest absolute Gasteiger partial charge is 0.379 e. The molecule has 24 heavy (non-hydrogen) atoms. The Hall–Kier alpha value is -0.940. The standard InChI is InChI=1S/C19H34N2O3/c1-17(22)8-4-2-3-5-9-18(23)20-16-19(10-6-7-11-19)21-12-14-24-15-13-21/h2-16H2,1H3,(H,20,23). The smallest absolute Gasteiger partial charge is 0.220 e. The third-order valence-electron chi connectivity index (χ3n) is 5.51. The lowest BCUT2D eigenvalue weighted by Crippen LogP contribution is -2.57. The lowest BCUT2D eigenvalue weighted by Gasteiger charge is -2.43. The van der Waals surface area contributed by atoms with Crippen LogP contribution in [-0.4, -0.2) is 55.0 Å². The van der Waals surface area contributed by atoms with Gasteiger partial charge in [-0.3, -0.25) is 9.69 Å². The molecule has 5 heteroatoms. The van der Waals surface area contributed by atoms with Crippen LogP contribution in [0.15, 0.2) is 0 Å². The van der Waals surface area contributed by atoms with Gasteiger partial charge in [0.1, 0.15) is 5.78 Å². The van der Waals surface area contributed by atoms with Crippen LogP contribution in [0.25, 0.3) is 0 Å². The molecule has 0 aromatic heterocycles. The molecule has 0 spiro atoms. The van der Waals surface area contributed by atoms with E-state index in [2.05, 4.69) is 10.2 Å². The molecule has 0 bridgehead atoms. The molecule has 1 N–H and O–H groups in total. The number of ketones is 1. The summed E-state index contributed by atoms with van der Waals surface area (Å²) in [5, 5.41) is 3.20. The summed E-state index contributed by atoms with van der Waals surface area (Å²) in [6.07, 6.45) is 10.2. The Morgan fingerprint density at radius 1 is 1.00 bits per heavy atom. The number of unbranched alkanes of at least 4 members (excludes halogenated alkanes) is 3. The molecule has 1 aliphatic heterocycles. The number of hydrogen-bond acceptors (Lipinski definition) is 4. The number of hydrogen-bond donors (Lipinski definition) is 1. The van der Waals surface area contributed by atoms with Crippen molar-refractivity contribution in [2.75, 3.05) is 32.8 Å². The first-order valence-electron chi connectivity index (χ1n) is 9.71. The molecular formula is C19H34N2O3. The SMILES string of the molecule is CC(=O)CCCCCCC(=O)NCC1(N2CCOCC2)CCCC1. The average Bonchev–Trinajstić information content (AvgIpc) is 3.07. The third kappa shape index (κ3) is 6.17. The van der Waals surface area contributed by atoms with Crippen molar-refractivity contribution in [1.29, 1.82) is 0 Å². The fourth-order valence-electron chi connectivity index (χ4n) is 4.04. The van der Waals surface area contributed by atoms with Gasteiger partial charge in [0, 0.05) is 38.0 Å². The first kappa shape index (κ1) is 19.4. The maximum Gasteiger partial charge on any atom is 0.220 e. The van der Waals surface area contributed by atoms with E-state index in [0.29, 0.717) is 12.8 Å². The molecule has 138 valence electrons. The van der Waals surface area contributed by atoms with Gasteiger partial charge in [0.25, 0.3) is 0 Å². The van der Waals surface area contributed by atoms with Gasteiger partial charge < -0.3 is 14.8 Å². The first-order chi connectivity index (χ1) is 11.6. The van der Waals surface area contributed by atoms with E-state index in [0.717, 1.165) is 58.5 Å². The third-order valence-corrected chi connectivity index (χ3v) is 5.51. The number of carbonyl (C=O) groups is 2. The molecule has 0 unspecified atom stereocenters. The quantitative estimate of drug-likeness (QED) is 0.622. The minimum atomic E-state index is 0.168. The van der Waals surface area contributed by atoms with E-state index in [9.17, 15) is 9.59 Å². The van der Waals surface area contributed by atoms with Gasteiger partial charge in [0.15, 0.2) is 0 Å². The molecule has 1 heterocycles. The number of rotatable bonds is 10. The fraction of sp³-hybridized carbons (Fsp3) is 0.895. The highest BCUT2D eigenvalue weighted by Crippen LogP contribution is 2.35. The van der Waals surface area contributed by atoms with Gasteiger partial charge in [-0.15, -0.1) is 0 Å². The number of Topliss-reactive ketones (excluding diaryl/α,β-unsaturated/α-hetero) is 1. The van der Waals surface area contributed by atoms with E-state index in [1.165, 1.54) is 25.7 Å². The van der Waals surface area contributed by atoms with Gasteiger partial charge in [-0.2, -0.15) is 0 Å². The van der Waals surface area contributed by atoms with Crippen LogP contribution in [-0.2, 0) is 14.3 Å². The van der Waals surface area contributed by atoms with Crippen molar-refractivity contribution in [2.45, 2.75) is 76.7 Å². The van der Waals surface area contributed by atoms with Gasteiger partial charge in [-0.05, 0) is 32.6 Å². The van der Waals surface area contributed by atoms with Crippen LogP contribution in [0.3, 0.4) is 0 Å². The molecule has 0 radical (unpaired) electrons. The highest BCUT2D eigenvalue weighted by molar-refractivity contribution is 5.76. The minimum Gasteiger partial charge on any atom is -0.379 e. The van der Waals surface area contributed by atoms with Crippen LogP contribution < -0.4 is 5.32 Å². The van der Waals surface area contributed by atoms with Crippen LogP contribution in [0.1, 0.15) is 71.1 Å². The van der Waals surface area contributed by atoms with Crippen LogP contribution in [0.5, 0.6) is 0 Å². The van der Waals surface area contributed by atoms with Crippen molar-refractivity contribution in [3.63, 3.8) is 0 Å². The van der Waals surface area contributed by atoms with Crippen LogP contribution in [0.4, 0.5) is 0 Å². The summed E-state index contributed by atoms with van der Waals surface area (Å²) in [7, 11) is 0. The Bertz CT molecular complexity index is 399. The molecule has 2 fully saturated rings. The molecule has 2 aliphatic rings. The summed E-state index contributed by atoms with van der Waals surface area (Å²) >= 11 is 0. The van der Waals surface area contributed by atoms with Gasteiger partial charge in [0.2, 0.25) is 5.91 Å². The van der Waals surface area contributed by atoms with E-state index in [1.54, 1.807) is 6.92 Å². The molecule has 1 saturated heterocycles. The van der Waals surface area contributed by atoms with Crippen molar-refractivity contribution in [3.05, 3.63) is 0 Å². The summed E-state index contributed by atoms with van der Waals surface area (Å²) < 4.78 is 5.48. The van der Waals surface area contributed by atoms with Crippen LogP contribution in [0, 0.1) is 0 Å². The topological polar surface area (TPSA) is 58.6 Å². The van der Waals surface area contributed by atoms with E-state index < -0.39 is 0 Å². The van der Waals surface area contributed by atoms with Crippen molar-refractivity contribution in [3.8, 4) is 0 Å². The number of nitrogens with one attached hydrogen (secondary N) is 1. The number of ether oxygens (including phenoxy) is 1. The first-order valence-corrected chi connectivity index (χ1v) is 9.71. The molecule has 2 rings (SSSR count). The van der Waals surface area contributed by atoms with Crippen molar-refractivity contribution >= 4 is 11.7 Å². The predicted octanol–water partition coefficient (Wildman–Crippen LogP) is 2.68. The molecule has 1 saturated carbocycles. The van der Waals surface area contributed by atoms with E-state index in [1.807, 2.05) is 0 Å². The summed E-state index contributed by atoms with van der Waals surface area (Å²) in [4.78, 5) is 25.6. The highest BCUT2D eigenvalue weighted by atomic mass is 16.5. The number of nitrogens with zero attached hydrogens (tertiary/aromatic N) is 1. The molecule has 0 aromatic carbocycles. The predicted molar refractivity (Wildman–Crippen MR) is 95.0 cm³/mol. The molecule has 0 atom stereocenters. The Kier molecular flexibility index (Phi) is 8.19. The van der Waals surface area contributed by atoms with Crippen molar-refractivity contribution in [1.82, 2.24) is 10.2 Å². The van der Waals surface area contributed by atoms with E-state index in [-0.39, 0.29) is 17.2 Å². The highest BCUT2D eigenvalue weighted by Gasteiger charge is 2.40. The van der Waals surface area contributed by atoms with E-state index in [4.69, 9.17) is 4.74 Å². The summed E-state index contributed by atoms with van der Waals surface area (Å²) in [6.45, 7) is 6.04. The lowest BCUT2D eigenvalue weighted by molar-refractivity contribution is -0.122. The maximum atomic E-state index is 12.2. The molecule has 1 aliphatic carbocycles. The molecular weight excluding hydrogens is 304 g/mol. The van der Waals surface area contributed by atoms with Crippen molar-refractivity contribution in [2.24, 2.45) is 0 Å². The summed E-state index contributed by atoms with van der Waals surface area (Å²) in [6, 6.07) is 0. The number of morpholine rings is 1. The van der Waals surface area contributed by atoms with Gasteiger partial charge in [0.05, 0.1) is 13.2 Å². The molecule has 0 aromatic rings. The monoisotopic (exact) mass is 338 g/mol. The second kappa shape index (κ2) is 10.1. The summed E-state index contributed by atoms with van der Waals surface area (Å²) in [5.41, 5.74) is 0.168. The van der Waals surface area contributed by atoms with Gasteiger partial charge in [-0.25, -0.2) is 0 Å². The zero-order valence-corrected chi connectivity index (χ0v) is 15.3. The maximum absolute atomic E-state index is 12.2. The van der Waals surface area contributed by atoms with Crippen LogP contribution in [0.2, 0.25) is 0 Å². The number of amides is 1. The normalized spacial score (nSPS) is 20.9. The lowest BCUT2D eigenvalue weighted by atomic mass is 9.94. The second-order valence-electron chi connectivity index (χ2n) is 7.42. The molecule has 1 amide bonds. The Morgan fingerprint density at radius 3 is 2.25 bits per heavy atom. The van der Waals surface area contributed by atoms with Gasteiger partial charge >= 0.3 is 0 Å². The average molecular weight is 338 g/mol. The Morgan fingerprint density at radius 2 is 1.62 bits per heavy atom. The summed E-state index contributed by atoms with van der Waals surface area (Å²) in [5.74, 6) is 0.443. The second-order valence-corrected chi connectivity index (χ2v) is 7.42. The Balaban J connectivity index is 1.64. The zero-order valence-electron chi connectivity index (χ0n) is 15.3. The van der Waals surface area contributed by atoms with Crippen LogP contribution >= 0.6 is 0 Å². The zero-order chi connectivity index (χ0) is 17.3. The molecule has 5 nitrogen and oxygen atoms in total. The fourth-order valence-corrected chi connectivity index (χ4v) is 4.04. The van der Waals surface area contributed by atoms with Gasteiger partial charge in [-0.1, -0.05) is 25.7 Å². The van der Waals surface area contributed by atoms with Crippen molar-refractivity contribution < 1.29 is 14.3 Å².